The predicted molar refractivity (Wildman–Crippen MR) is 55.5 cm³/mol. The summed E-state index contributed by atoms with van der Waals surface area (Å²) in [6, 6.07) is 0.0200. The molecule has 4 heteroatoms. The van der Waals surface area contributed by atoms with Gasteiger partial charge in [-0.25, -0.2) is 4.79 Å². The van der Waals surface area contributed by atoms with E-state index in [-0.39, 0.29) is 24.2 Å². The Kier molecular flexibility index (Phi) is 2.87. The standard InChI is InChI=1S/C11H19NO3/c1-2-3-6-15-10(14)12-8-11(4-5-11)9(12)7-13/h9,13H,2-8H2,1H3. The summed E-state index contributed by atoms with van der Waals surface area (Å²) < 4.78 is 5.12. The summed E-state index contributed by atoms with van der Waals surface area (Å²) in [5.74, 6) is 0. The van der Waals surface area contributed by atoms with Crippen LogP contribution in [0.2, 0.25) is 0 Å². The topological polar surface area (TPSA) is 49.8 Å². The average Bonchev–Trinajstić information content (AvgIpc) is 2.97. The van der Waals surface area contributed by atoms with Gasteiger partial charge in [-0.05, 0) is 19.3 Å². The maximum Gasteiger partial charge on any atom is 0.410 e. The highest BCUT2D eigenvalue weighted by Gasteiger charge is 2.61. The molecule has 86 valence electrons. The van der Waals surface area contributed by atoms with E-state index in [1.807, 2.05) is 0 Å². The Labute approximate surface area is 90.2 Å². The van der Waals surface area contributed by atoms with Gasteiger partial charge >= 0.3 is 6.09 Å². The van der Waals surface area contributed by atoms with E-state index in [0.29, 0.717) is 6.61 Å². The van der Waals surface area contributed by atoms with Crippen molar-refractivity contribution in [3.63, 3.8) is 0 Å². The normalized spacial score (nSPS) is 26.3. The fourth-order valence-corrected chi connectivity index (χ4v) is 2.30. The first-order valence-corrected chi connectivity index (χ1v) is 5.78. The van der Waals surface area contributed by atoms with Crippen molar-refractivity contribution in [1.29, 1.82) is 0 Å². The number of carbonyl (C=O) groups is 1. The molecular weight excluding hydrogens is 194 g/mol. The Morgan fingerprint density at radius 3 is 2.87 bits per heavy atom. The minimum absolute atomic E-state index is 0.0200. The van der Waals surface area contributed by atoms with Crippen molar-refractivity contribution in [3.8, 4) is 0 Å². The zero-order valence-corrected chi connectivity index (χ0v) is 9.24. The van der Waals surface area contributed by atoms with Crippen LogP contribution in [0.1, 0.15) is 32.6 Å². The van der Waals surface area contributed by atoms with Crippen LogP contribution in [-0.4, -0.2) is 41.9 Å². The number of hydrogen-bond acceptors (Lipinski definition) is 3. The van der Waals surface area contributed by atoms with E-state index in [0.717, 1.165) is 32.2 Å². The van der Waals surface area contributed by atoms with Gasteiger partial charge in [-0.3, -0.25) is 0 Å². The summed E-state index contributed by atoms with van der Waals surface area (Å²) in [6.07, 6.45) is 3.99. The molecule has 0 aromatic heterocycles. The Morgan fingerprint density at radius 2 is 2.33 bits per heavy atom. The van der Waals surface area contributed by atoms with Crippen LogP contribution in [0, 0.1) is 5.41 Å². The zero-order chi connectivity index (χ0) is 10.9. The Morgan fingerprint density at radius 1 is 1.60 bits per heavy atom. The number of rotatable bonds is 4. The number of aliphatic hydroxyl groups excluding tert-OH is 1. The lowest BCUT2D eigenvalue weighted by molar-refractivity contribution is -0.0326. The Hall–Kier alpha value is -0.770. The van der Waals surface area contributed by atoms with Crippen LogP contribution in [0.25, 0.3) is 0 Å². The molecule has 2 fully saturated rings. The lowest BCUT2D eigenvalue weighted by Gasteiger charge is -2.47. The number of carbonyl (C=O) groups excluding carboxylic acids is 1. The third-order valence-electron chi connectivity index (χ3n) is 3.59. The summed E-state index contributed by atoms with van der Waals surface area (Å²) in [4.78, 5) is 13.2. The summed E-state index contributed by atoms with van der Waals surface area (Å²) in [5, 5.41) is 9.20. The Bertz CT molecular complexity index is 250. The molecule has 0 bridgehead atoms. The predicted octanol–water partition coefficient (Wildman–Crippen LogP) is 1.38. The minimum atomic E-state index is -0.250. The van der Waals surface area contributed by atoms with Gasteiger partial charge in [-0.15, -0.1) is 0 Å². The summed E-state index contributed by atoms with van der Waals surface area (Å²) in [6.45, 7) is 3.41. The molecule has 1 amide bonds. The van der Waals surface area contributed by atoms with Crippen LogP contribution in [0.4, 0.5) is 4.79 Å². The molecule has 2 aliphatic rings. The van der Waals surface area contributed by atoms with Gasteiger partial charge < -0.3 is 14.7 Å². The quantitative estimate of drug-likeness (QED) is 0.718. The molecule has 0 aromatic rings. The molecule has 1 atom stereocenters. The summed E-state index contributed by atoms with van der Waals surface area (Å²) in [5.41, 5.74) is 0.262. The molecule has 2 rings (SSSR count). The van der Waals surface area contributed by atoms with Gasteiger partial charge in [0.25, 0.3) is 0 Å². The van der Waals surface area contributed by atoms with Crippen LogP contribution in [0.5, 0.6) is 0 Å². The molecule has 0 aromatic carbocycles. The first kappa shape index (κ1) is 10.7. The fraction of sp³-hybridized carbons (Fsp3) is 0.909. The number of nitrogens with zero attached hydrogens (tertiary/aromatic N) is 1. The first-order chi connectivity index (χ1) is 7.23. The van der Waals surface area contributed by atoms with Crippen molar-refractivity contribution >= 4 is 6.09 Å². The molecule has 4 nitrogen and oxygen atoms in total. The molecule has 0 radical (unpaired) electrons. The smallest absolute Gasteiger partial charge is 0.410 e. The van der Waals surface area contributed by atoms with E-state index in [1.165, 1.54) is 0 Å². The van der Waals surface area contributed by atoms with Crippen molar-refractivity contribution < 1.29 is 14.6 Å². The molecule has 1 saturated heterocycles. The second-order valence-electron chi connectivity index (χ2n) is 4.66. The van der Waals surface area contributed by atoms with E-state index < -0.39 is 0 Å². The van der Waals surface area contributed by atoms with E-state index in [2.05, 4.69) is 6.92 Å². The van der Waals surface area contributed by atoms with E-state index in [9.17, 15) is 9.90 Å². The van der Waals surface area contributed by atoms with Crippen LogP contribution in [0.15, 0.2) is 0 Å². The first-order valence-electron chi connectivity index (χ1n) is 5.78. The summed E-state index contributed by atoms with van der Waals surface area (Å²) >= 11 is 0. The van der Waals surface area contributed by atoms with Gasteiger partial charge in [0.05, 0.1) is 19.3 Å². The van der Waals surface area contributed by atoms with Gasteiger partial charge in [-0.2, -0.15) is 0 Å². The molecule has 1 aliphatic carbocycles. The van der Waals surface area contributed by atoms with Crippen molar-refractivity contribution in [2.75, 3.05) is 19.8 Å². The second kappa shape index (κ2) is 4.00. The monoisotopic (exact) mass is 213 g/mol. The molecule has 1 N–H and O–H groups in total. The number of aliphatic hydroxyl groups is 1. The number of amides is 1. The fourth-order valence-electron chi connectivity index (χ4n) is 2.30. The molecule has 1 heterocycles. The second-order valence-corrected chi connectivity index (χ2v) is 4.66. The molecule has 1 spiro atoms. The van der Waals surface area contributed by atoms with Crippen molar-refractivity contribution in [2.45, 2.75) is 38.6 Å². The molecule has 15 heavy (non-hydrogen) atoms. The highest BCUT2D eigenvalue weighted by molar-refractivity contribution is 5.70. The zero-order valence-electron chi connectivity index (χ0n) is 9.24. The van der Waals surface area contributed by atoms with Gasteiger partial charge in [0, 0.05) is 12.0 Å². The van der Waals surface area contributed by atoms with Crippen molar-refractivity contribution in [2.24, 2.45) is 5.41 Å². The number of ether oxygens (including phenoxy) is 1. The largest absolute Gasteiger partial charge is 0.449 e. The minimum Gasteiger partial charge on any atom is -0.449 e. The van der Waals surface area contributed by atoms with Crippen LogP contribution < -0.4 is 0 Å². The highest BCUT2D eigenvalue weighted by atomic mass is 16.6. The van der Waals surface area contributed by atoms with Crippen LogP contribution in [0.3, 0.4) is 0 Å². The Balaban J connectivity index is 1.77. The van der Waals surface area contributed by atoms with Gasteiger partial charge in [-0.1, -0.05) is 13.3 Å². The van der Waals surface area contributed by atoms with Gasteiger partial charge in [0.15, 0.2) is 0 Å². The van der Waals surface area contributed by atoms with E-state index in [4.69, 9.17) is 4.74 Å². The van der Waals surface area contributed by atoms with Gasteiger partial charge in [0.1, 0.15) is 0 Å². The summed E-state index contributed by atoms with van der Waals surface area (Å²) in [7, 11) is 0. The van der Waals surface area contributed by atoms with Crippen LogP contribution >= 0.6 is 0 Å². The number of hydrogen-bond donors (Lipinski definition) is 1. The maximum absolute atomic E-state index is 11.6. The average molecular weight is 213 g/mol. The molecule has 1 unspecified atom stereocenters. The van der Waals surface area contributed by atoms with E-state index in [1.54, 1.807) is 4.90 Å². The van der Waals surface area contributed by atoms with Gasteiger partial charge in [0.2, 0.25) is 0 Å². The molecule has 1 saturated carbocycles. The lowest BCUT2D eigenvalue weighted by Crippen LogP contribution is -2.62. The highest BCUT2D eigenvalue weighted by Crippen LogP contribution is 2.57. The van der Waals surface area contributed by atoms with Crippen molar-refractivity contribution in [3.05, 3.63) is 0 Å². The van der Waals surface area contributed by atoms with Crippen molar-refractivity contribution in [1.82, 2.24) is 4.90 Å². The third-order valence-corrected chi connectivity index (χ3v) is 3.59. The van der Waals surface area contributed by atoms with E-state index >= 15 is 0 Å². The third kappa shape index (κ3) is 1.83. The van der Waals surface area contributed by atoms with Crippen LogP contribution in [-0.2, 0) is 4.74 Å². The molecular formula is C11H19NO3. The number of likely N-dealkylation sites (tertiary alicyclic amines) is 1. The number of unbranched alkanes of at least 4 members (excludes halogenated alkanes) is 1. The SMILES string of the molecule is CCCCOC(=O)N1CC2(CC2)C1CO. The molecule has 1 aliphatic heterocycles. The lowest BCUT2D eigenvalue weighted by atomic mass is 9.86. The maximum atomic E-state index is 11.6.